The summed E-state index contributed by atoms with van der Waals surface area (Å²) in [6.07, 6.45) is -4.62. The minimum absolute atomic E-state index is 0.0197. The van der Waals surface area contributed by atoms with Crippen LogP contribution in [-0.4, -0.2) is 33.8 Å². The van der Waals surface area contributed by atoms with Crippen LogP contribution in [0, 0.1) is 0 Å². The summed E-state index contributed by atoms with van der Waals surface area (Å²) in [5, 5.41) is 2.10. The van der Waals surface area contributed by atoms with Crippen molar-refractivity contribution in [1.29, 1.82) is 0 Å². The summed E-state index contributed by atoms with van der Waals surface area (Å²) >= 11 is 0. The lowest BCUT2D eigenvalue weighted by Crippen LogP contribution is -2.41. The van der Waals surface area contributed by atoms with Gasteiger partial charge in [0.15, 0.2) is 12.4 Å². The SMILES string of the molecule is O=c1nc(-c2cc(OCC(F)(F)C(F)(F)F)ccn2)[nH]o1. The van der Waals surface area contributed by atoms with E-state index in [0.29, 0.717) is 0 Å². The third-order valence-corrected chi connectivity index (χ3v) is 2.25. The molecule has 0 aliphatic rings. The number of pyridine rings is 1. The van der Waals surface area contributed by atoms with Crippen LogP contribution in [0.15, 0.2) is 27.6 Å². The average molecular weight is 311 g/mol. The highest BCUT2D eigenvalue weighted by molar-refractivity contribution is 5.50. The highest BCUT2D eigenvalue weighted by Crippen LogP contribution is 2.35. The second-order valence-corrected chi connectivity index (χ2v) is 3.80. The van der Waals surface area contributed by atoms with Crippen molar-refractivity contribution >= 4 is 0 Å². The lowest BCUT2D eigenvalue weighted by Gasteiger charge is -2.19. The number of alkyl halides is 5. The Morgan fingerprint density at radius 2 is 2.00 bits per heavy atom. The van der Waals surface area contributed by atoms with Crippen molar-refractivity contribution in [2.45, 2.75) is 12.1 Å². The topological polar surface area (TPSA) is 81.0 Å². The molecule has 21 heavy (non-hydrogen) atoms. The summed E-state index contributed by atoms with van der Waals surface area (Å²) in [5.41, 5.74) is -0.0197. The van der Waals surface area contributed by atoms with E-state index in [0.717, 1.165) is 18.3 Å². The molecule has 0 atom stereocenters. The first-order valence-electron chi connectivity index (χ1n) is 5.28. The number of H-pyrrole nitrogens is 1. The first-order valence-corrected chi connectivity index (χ1v) is 5.28. The zero-order chi connectivity index (χ0) is 15.7. The minimum Gasteiger partial charge on any atom is -0.487 e. The molecule has 2 heterocycles. The van der Waals surface area contributed by atoms with Gasteiger partial charge in [-0.1, -0.05) is 0 Å². The number of aromatic nitrogens is 3. The first-order chi connectivity index (χ1) is 9.69. The fourth-order valence-corrected chi connectivity index (χ4v) is 1.22. The Morgan fingerprint density at radius 1 is 1.29 bits per heavy atom. The Kier molecular flexibility index (Phi) is 3.66. The fraction of sp³-hybridized carbons (Fsp3) is 0.300. The predicted molar refractivity (Wildman–Crippen MR) is 56.9 cm³/mol. The van der Waals surface area contributed by atoms with Crippen LogP contribution in [0.4, 0.5) is 22.0 Å². The van der Waals surface area contributed by atoms with Gasteiger partial charge in [0.2, 0.25) is 0 Å². The van der Waals surface area contributed by atoms with E-state index in [4.69, 9.17) is 0 Å². The molecule has 1 N–H and O–H groups in total. The second kappa shape index (κ2) is 5.14. The Balaban J connectivity index is 2.14. The third-order valence-electron chi connectivity index (χ3n) is 2.25. The highest BCUT2D eigenvalue weighted by Gasteiger charge is 2.58. The van der Waals surface area contributed by atoms with E-state index >= 15 is 0 Å². The molecule has 0 bridgehead atoms. The Hall–Kier alpha value is -2.46. The fourth-order valence-electron chi connectivity index (χ4n) is 1.22. The Labute approximate surface area is 112 Å². The van der Waals surface area contributed by atoms with E-state index in [9.17, 15) is 26.7 Å². The number of halogens is 5. The summed E-state index contributed by atoms with van der Waals surface area (Å²) < 4.78 is 70.0. The van der Waals surface area contributed by atoms with Gasteiger partial charge in [-0.25, -0.2) is 4.79 Å². The molecule has 2 aromatic rings. The van der Waals surface area contributed by atoms with Gasteiger partial charge < -0.3 is 9.26 Å². The molecule has 0 spiro atoms. The van der Waals surface area contributed by atoms with Crippen LogP contribution < -0.4 is 10.5 Å². The molecule has 114 valence electrons. The van der Waals surface area contributed by atoms with Crippen LogP contribution in [0.3, 0.4) is 0 Å². The van der Waals surface area contributed by atoms with Gasteiger partial charge in [-0.3, -0.25) is 4.98 Å². The first kappa shape index (κ1) is 14.9. The lowest BCUT2D eigenvalue weighted by atomic mass is 10.3. The maximum absolute atomic E-state index is 12.7. The molecule has 6 nitrogen and oxygen atoms in total. The predicted octanol–water partition coefficient (Wildman–Crippen LogP) is 2.00. The molecule has 2 aromatic heterocycles. The molecule has 2 rings (SSSR count). The van der Waals surface area contributed by atoms with E-state index in [-0.39, 0.29) is 17.3 Å². The van der Waals surface area contributed by atoms with Gasteiger partial charge in [0, 0.05) is 12.3 Å². The number of rotatable bonds is 4. The summed E-state index contributed by atoms with van der Waals surface area (Å²) in [6.45, 7) is -1.88. The molecule has 0 saturated heterocycles. The van der Waals surface area contributed by atoms with Crippen LogP contribution in [0.1, 0.15) is 0 Å². The van der Waals surface area contributed by atoms with Crippen LogP contribution >= 0.6 is 0 Å². The van der Waals surface area contributed by atoms with E-state index < -0.39 is 24.5 Å². The zero-order valence-corrected chi connectivity index (χ0v) is 9.95. The molecule has 0 amide bonds. The van der Waals surface area contributed by atoms with Crippen LogP contribution in [0.2, 0.25) is 0 Å². The number of nitrogens with zero attached hydrogens (tertiary/aromatic N) is 2. The van der Waals surface area contributed by atoms with E-state index in [1.165, 1.54) is 0 Å². The van der Waals surface area contributed by atoms with E-state index in [1.807, 2.05) is 0 Å². The standard InChI is InChI=1S/C10H6F5N3O3/c11-9(12,10(13,14)15)4-20-5-1-2-16-6(3-5)7-17-8(19)21-18-7/h1-3H,4H2,(H,17,18,19). The van der Waals surface area contributed by atoms with E-state index in [2.05, 4.69) is 24.4 Å². The summed E-state index contributed by atoms with van der Waals surface area (Å²) in [6, 6.07) is 2.11. The molecule has 0 saturated carbocycles. The smallest absolute Gasteiger partial charge is 0.460 e. The van der Waals surface area contributed by atoms with Gasteiger partial charge in [0.25, 0.3) is 0 Å². The molecule has 0 fully saturated rings. The molecule has 0 radical (unpaired) electrons. The number of aromatic amines is 1. The van der Waals surface area contributed by atoms with Crippen molar-refractivity contribution in [1.82, 2.24) is 15.1 Å². The van der Waals surface area contributed by atoms with Crippen molar-refractivity contribution in [3.8, 4) is 17.3 Å². The van der Waals surface area contributed by atoms with Gasteiger partial charge >= 0.3 is 17.9 Å². The zero-order valence-electron chi connectivity index (χ0n) is 9.95. The number of hydrogen-bond acceptors (Lipinski definition) is 5. The Bertz CT molecular complexity index is 679. The second-order valence-electron chi connectivity index (χ2n) is 3.80. The van der Waals surface area contributed by atoms with Gasteiger partial charge in [-0.2, -0.15) is 32.1 Å². The third kappa shape index (κ3) is 3.35. The summed E-state index contributed by atoms with van der Waals surface area (Å²) in [5.74, 6) is -6.35. The van der Waals surface area contributed by atoms with Gasteiger partial charge in [0.1, 0.15) is 11.4 Å². The maximum Gasteiger partial charge on any atom is 0.460 e. The Morgan fingerprint density at radius 3 is 2.57 bits per heavy atom. The normalized spacial score (nSPS) is 12.4. The number of nitrogens with one attached hydrogen (secondary N) is 1. The highest BCUT2D eigenvalue weighted by atomic mass is 19.4. The molecule has 0 aliphatic heterocycles. The van der Waals surface area contributed by atoms with Crippen molar-refractivity contribution in [2.75, 3.05) is 6.61 Å². The number of ether oxygens (including phenoxy) is 1. The van der Waals surface area contributed by atoms with Crippen LogP contribution in [0.5, 0.6) is 5.75 Å². The van der Waals surface area contributed by atoms with Crippen LogP contribution in [0.25, 0.3) is 11.5 Å². The molecule has 0 aromatic carbocycles. The summed E-state index contributed by atoms with van der Waals surface area (Å²) in [7, 11) is 0. The lowest BCUT2D eigenvalue weighted by molar-refractivity contribution is -0.290. The van der Waals surface area contributed by atoms with Gasteiger partial charge in [-0.05, 0) is 6.07 Å². The molecular formula is C10H6F5N3O3. The molecule has 0 aliphatic carbocycles. The molecular weight excluding hydrogens is 305 g/mol. The van der Waals surface area contributed by atoms with Gasteiger partial charge in [-0.15, -0.1) is 0 Å². The van der Waals surface area contributed by atoms with Crippen molar-refractivity contribution in [3.63, 3.8) is 0 Å². The minimum atomic E-state index is -5.71. The summed E-state index contributed by atoms with van der Waals surface area (Å²) in [4.78, 5) is 17.8. The van der Waals surface area contributed by atoms with Crippen molar-refractivity contribution in [3.05, 3.63) is 28.9 Å². The van der Waals surface area contributed by atoms with Crippen molar-refractivity contribution in [2.24, 2.45) is 0 Å². The molecule has 11 heteroatoms. The van der Waals surface area contributed by atoms with Gasteiger partial charge in [0.05, 0.1) is 0 Å². The average Bonchev–Trinajstić information content (AvgIpc) is 2.82. The van der Waals surface area contributed by atoms with Crippen LogP contribution in [-0.2, 0) is 0 Å². The number of hydrogen-bond donors (Lipinski definition) is 1. The monoisotopic (exact) mass is 311 g/mol. The largest absolute Gasteiger partial charge is 0.487 e. The quantitative estimate of drug-likeness (QED) is 0.874. The maximum atomic E-state index is 12.7. The van der Waals surface area contributed by atoms with E-state index in [1.54, 1.807) is 0 Å². The van der Waals surface area contributed by atoms with Crippen molar-refractivity contribution < 1.29 is 31.2 Å². The molecule has 0 unspecified atom stereocenters.